The fourth-order valence-electron chi connectivity index (χ4n) is 0.790. The van der Waals surface area contributed by atoms with Crippen LogP contribution in [-0.2, 0) is 9.59 Å². The van der Waals surface area contributed by atoms with E-state index in [4.69, 9.17) is 5.21 Å². The first-order valence-electron chi connectivity index (χ1n) is 3.75. The topological polar surface area (TPSA) is 66.7 Å². The van der Waals surface area contributed by atoms with Crippen LogP contribution in [0.4, 0.5) is 0 Å². The minimum Gasteiger partial charge on any atom is -0.410 e. The Morgan fingerprint density at radius 1 is 1.42 bits per heavy atom. The predicted octanol–water partition coefficient (Wildman–Crippen LogP) is 1.02. The molecule has 0 radical (unpaired) electrons. The van der Waals surface area contributed by atoms with E-state index < -0.39 is 11.6 Å². The molecule has 0 fully saturated rings. The zero-order valence-corrected chi connectivity index (χ0v) is 7.50. The van der Waals surface area contributed by atoms with Gasteiger partial charge in [0.15, 0.2) is 17.3 Å². The van der Waals surface area contributed by atoms with Crippen LogP contribution >= 0.6 is 0 Å². The summed E-state index contributed by atoms with van der Waals surface area (Å²) in [6, 6.07) is 0. The lowest BCUT2D eigenvalue weighted by molar-refractivity contribution is -0.116. The first-order valence-corrected chi connectivity index (χ1v) is 3.75. The summed E-state index contributed by atoms with van der Waals surface area (Å²) >= 11 is 0. The maximum absolute atomic E-state index is 11.1. The van der Waals surface area contributed by atoms with Crippen LogP contribution in [0.2, 0.25) is 0 Å². The third-order valence-corrected chi connectivity index (χ3v) is 1.29. The van der Waals surface area contributed by atoms with Gasteiger partial charge in [0.2, 0.25) is 0 Å². The Labute approximate surface area is 71.3 Å². The highest BCUT2D eigenvalue weighted by Crippen LogP contribution is 2.01. The van der Waals surface area contributed by atoms with Crippen molar-refractivity contribution in [1.29, 1.82) is 0 Å². The summed E-state index contributed by atoms with van der Waals surface area (Å²) < 4.78 is 0. The van der Waals surface area contributed by atoms with Gasteiger partial charge >= 0.3 is 0 Å². The molecular weight excluding hydrogens is 158 g/mol. The van der Waals surface area contributed by atoms with Crippen LogP contribution in [0.3, 0.4) is 0 Å². The SMILES string of the molecule is CC(=O)C(=NO)C(=O)CC(C)C. The number of carbonyl (C=O) groups excluding carboxylic acids is 2. The van der Waals surface area contributed by atoms with E-state index in [1.165, 1.54) is 6.92 Å². The molecule has 0 amide bonds. The van der Waals surface area contributed by atoms with Gasteiger partial charge in [0.05, 0.1) is 0 Å². The largest absolute Gasteiger partial charge is 0.410 e. The predicted molar refractivity (Wildman–Crippen MR) is 44.4 cm³/mol. The highest BCUT2D eigenvalue weighted by molar-refractivity contribution is 6.65. The molecule has 4 nitrogen and oxygen atoms in total. The molecule has 0 aliphatic heterocycles. The fourth-order valence-corrected chi connectivity index (χ4v) is 0.790. The van der Waals surface area contributed by atoms with Crippen molar-refractivity contribution in [3.8, 4) is 0 Å². The van der Waals surface area contributed by atoms with Crippen LogP contribution in [0, 0.1) is 5.92 Å². The molecule has 0 saturated heterocycles. The summed E-state index contributed by atoms with van der Waals surface area (Å²) in [5.41, 5.74) is -0.358. The summed E-state index contributed by atoms with van der Waals surface area (Å²) in [4.78, 5) is 21.8. The van der Waals surface area contributed by atoms with Gasteiger partial charge in [-0.1, -0.05) is 19.0 Å². The molecule has 0 aromatic heterocycles. The molecule has 0 spiro atoms. The first kappa shape index (κ1) is 10.8. The number of nitrogens with zero attached hydrogens (tertiary/aromatic N) is 1. The third kappa shape index (κ3) is 3.27. The Hall–Kier alpha value is -1.19. The number of ketones is 2. The van der Waals surface area contributed by atoms with E-state index >= 15 is 0 Å². The van der Waals surface area contributed by atoms with E-state index in [-0.39, 0.29) is 18.1 Å². The minimum atomic E-state index is -0.497. The molecule has 0 aliphatic rings. The van der Waals surface area contributed by atoms with Crippen LogP contribution in [0.15, 0.2) is 5.16 Å². The van der Waals surface area contributed by atoms with Crippen LogP contribution < -0.4 is 0 Å². The van der Waals surface area contributed by atoms with E-state index in [1.54, 1.807) is 0 Å². The maximum atomic E-state index is 11.1. The molecule has 4 heteroatoms. The normalized spacial score (nSPS) is 11.8. The number of rotatable bonds is 4. The van der Waals surface area contributed by atoms with Gasteiger partial charge in [0.25, 0.3) is 0 Å². The van der Waals surface area contributed by atoms with Crippen molar-refractivity contribution >= 4 is 17.3 Å². The van der Waals surface area contributed by atoms with E-state index in [2.05, 4.69) is 5.16 Å². The quantitative estimate of drug-likeness (QED) is 0.297. The molecule has 0 aliphatic carbocycles. The first-order chi connectivity index (χ1) is 5.49. The number of hydrogen-bond donors (Lipinski definition) is 1. The van der Waals surface area contributed by atoms with Gasteiger partial charge in [-0.25, -0.2) is 0 Å². The van der Waals surface area contributed by atoms with Crippen molar-refractivity contribution in [3.05, 3.63) is 0 Å². The second kappa shape index (κ2) is 4.64. The average Bonchev–Trinajstić information content (AvgIpc) is 1.85. The second-order valence-electron chi connectivity index (χ2n) is 3.03. The summed E-state index contributed by atoms with van der Waals surface area (Å²) in [6.45, 7) is 4.91. The lowest BCUT2D eigenvalue weighted by atomic mass is 10.0. The Bertz CT molecular complexity index is 218. The molecule has 0 rings (SSSR count). The molecule has 12 heavy (non-hydrogen) atoms. The van der Waals surface area contributed by atoms with Crippen LogP contribution in [0.25, 0.3) is 0 Å². The van der Waals surface area contributed by atoms with Crippen molar-refractivity contribution < 1.29 is 14.8 Å². The Morgan fingerprint density at radius 3 is 2.17 bits per heavy atom. The Kier molecular flexibility index (Phi) is 4.18. The van der Waals surface area contributed by atoms with Crippen molar-refractivity contribution in [2.24, 2.45) is 11.1 Å². The molecule has 0 saturated carbocycles. The Morgan fingerprint density at radius 2 is 1.92 bits per heavy atom. The van der Waals surface area contributed by atoms with Gasteiger partial charge in [-0.05, 0) is 5.92 Å². The van der Waals surface area contributed by atoms with Gasteiger partial charge < -0.3 is 5.21 Å². The minimum absolute atomic E-state index is 0.161. The molecule has 68 valence electrons. The number of carbonyl (C=O) groups is 2. The second-order valence-corrected chi connectivity index (χ2v) is 3.03. The van der Waals surface area contributed by atoms with Crippen molar-refractivity contribution in [3.63, 3.8) is 0 Å². The van der Waals surface area contributed by atoms with Gasteiger partial charge in [0.1, 0.15) is 0 Å². The average molecular weight is 171 g/mol. The fraction of sp³-hybridized carbons (Fsp3) is 0.625. The van der Waals surface area contributed by atoms with E-state index in [0.717, 1.165) is 0 Å². The van der Waals surface area contributed by atoms with Crippen LogP contribution in [0.1, 0.15) is 27.2 Å². The van der Waals surface area contributed by atoms with Crippen molar-refractivity contribution in [2.45, 2.75) is 27.2 Å². The summed E-state index contributed by atoms with van der Waals surface area (Å²) in [7, 11) is 0. The lowest BCUT2D eigenvalue weighted by Gasteiger charge is -2.01. The lowest BCUT2D eigenvalue weighted by Crippen LogP contribution is -2.23. The van der Waals surface area contributed by atoms with Crippen LogP contribution in [0.5, 0.6) is 0 Å². The Balaban J connectivity index is 4.35. The van der Waals surface area contributed by atoms with Gasteiger partial charge in [0, 0.05) is 13.3 Å². The molecule has 0 atom stereocenters. The number of hydrogen-bond acceptors (Lipinski definition) is 4. The maximum Gasteiger partial charge on any atom is 0.188 e. The monoisotopic (exact) mass is 171 g/mol. The number of oxime groups is 1. The molecule has 1 N–H and O–H groups in total. The van der Waals surface area contributed by atoms with E-state index in [0.29, 0.717) is 0 Å². The highest BCUT2D eigenvalue weighted by atomic mass is 16.4. The molecular formula is C8H13NO3. The molecule has 0 unspecified atom stereocenters. The van der Waals surface area contributed by atoms with Gasteiger partial charge in [-0.3, -0.25) is 9.59 Å². The van der Waals surface area contributed by atoms with Crippen LogP contribution in [-0.4, -0.2) is 22.5 Å². The molecule has 0 aromatic carbocycles. The molecule has 0 aromatic rings. The van der Waals surface area contributed by atoms with E-state index in [9.17, 15) is 9.59 Å². The van der Waals surface area contributed by atoms with E-state index in [1.807, 2.05) is 13.8 Å². The standard InChI is InChI=1S/C8H13NO3/c1-5(2)4-7(11)8(9-12)6(3)10/h5,12H,4H2,1-3H3. The van der Waals surface area contributed by atoms with Gasteiger partial charge in [-0.15, -0.1) is 0 Å². The molecule has 0 heterocycles. The number of Topliss-reactive ketones (excluding diaryl/α,β-unsaturated/α-hetero) is 2. The summed E-state index contributed by atoms with van der Waals surface area (Å²) in [5, 5.41) is 11.0. The zero-order chi connectivity index (χ0) is 9.72. The third-order valence-electron chi connectivity index (χ3n) is 1.29. The summed E-state index contributed by atoms with van der Waals surface area (Å²) in [5.74, 6) is -0.739. The zero-order valence-electron chi connectivity index (χ0n) is 7.50. The smallest absolute Gasteiger partial charge is 0.188 e. The summed E-state index contributed by atoms with van der Waals surface area (Å²) in [6.07, 6.45) is 0.235. The molecule has 0 bridgehead atoms. The van der Waals surface area contributed by atoms with Crippen molar-refractivity contribution in [1.82, 2.24) is 0 Å². The van der Waals surface area contributed by atoms with Crippen molar-refractivity contribution in [2.75, 3.05) is 0 Å². The highest BCUT2D eigenvalue weighted by Gasteiger charge is 2.17. The van der Waals surface area contributed by atoms with Gasteiger partial charge in [-0.2, -0.15) is 0 Å².